The highest BCUT2D eigenvalue weighted by Crippen LogP contribution is 2.24. The van der Waals surface area contributed by atoms with Crippen LogP contribution in [-0.2, 0) is 21.9 Å². The van der Waals surface area contributed by atoms with Gasteiger partial charge in [0, 0.05) is 13.1 Å². The van der Waals surface area contributed by atoms with E-state index in [1.165, 1.54) is 17.7 Å². The summed E-state index contributed by atoms with van der Waals surface area (Å²) in [6, 6.07) is 14.5. The van der Waals surface area contributed by atoms with Gasteiger partial charge < -0.3 is 15.7 Å². The number of hydrogen-bond acceptors (Lipinski definition) is 4. The minimum atomic E-state index is -3.68. The second kappa shape index (κ2) is 12.5. The van der Waals surface area contributed by atoms with Gasteiger partial charge in [-0.05, 0) is 47.6 Å². The number of guanidine groups is 1. The first-order chi connectivity index (χ1) is 14.5. The van der Waals surface area contributed by atoms with Crippen LogP contribution in [-0.4, -0.2) is 39.1 Å². The van der Waals surface area contributed by atoms with Crippen LogP contribution in [0.15, 0.2) is 58.4 Å². The maximum atomic E-state index is 11.3. The van der Waals surface area contributed by atoms with Gasteiger partial charge in [-0.2, -0.15) is 0 Å². The molecule has 2 aromatic rings. The van der Waals surface area contributed by atoms with Crippen molar-refractivity contribution in [1.29, 1.82) is 0 Å². The summed E-state index contributed by atoms with van der Waals surface area (Å²) in [6.45, 7) is 10.0. The Labute approximate surface area is 209 Å². The molecule has 0 amide bonds. The molecule has 0 radical (unpaired) electrons. The fraction of sp³-hybridized carbons (Fsp3) is 0.435. The number of primary sulfonamides is 1. The number of sulfonamides is 1. The largest absolute Gasteiger partial charge is 0.386 e. The molecule has 0 aliphatic heterocycles. The number of aliphatic hydroxyl groups excluding tert-OH is 1. The number of nitrogens with one attached hydrogen (secondary N) is 2. The van der Waals surface area contributed by atoms with Gasteiger partial charge >= 0.3 is 0 Å². The third kappa shape index (κ3) is 9.05. The number of nitrogens with zero attached hydrogens (tertiary/aromatic N) is 1. The van der Waals surface area contributed by atoms with Gasteiger partial charge in [-0.1, -0.05) is 57.2 Å². The average Bonchev–Trinajstić information content (AvgIpc) is 2.71. The van der Waals surface area contributed by atoms with E-state index in [0.717, 1.165) is 11.1 Å². The molecular weight excluding hydrogens is 539 g/mol. The van der Waals surface area contributed by atoms with Gasteiger partial charge in [0.25, 0.3) is 0 Å². The van der Waals surface area contributed by atoms with Crippen LogP contribution in [0, 0.1) is 0 Å². The van der Waals surface area contributed by atoms with Gasteiger partial charge in [0.1, 0.15) is 0 Å². The zero-order chi connectivity index (χ0) is 23.1. The number of aliphatic imine (C=N–C) groups is 1. The molecule has 2 rings (SSSR count). The smallest absolute Gasteiger partial charge is 0.238 e. The monoisotopic (exact) mass is 574 g/mol. The maximum Gasteiger partial charge on any atom is 0.238 e. The third-order valence-corrected chi connectivity index (χ3v) is 5.82. The summed E-state index contributed by atoms with van der Waals surface area (Å²) in [5.41, 5.74) is 3.11. The van der Waals surface area contributed by atoms with E-state index in [-0.39, 0.29) is 40.8 Å². The van der Waals surface area contributed by atoms with Crippen LogP contribution >= 0.6 is 24.0 Å². The van der Waals surface area contributed by atoms with Gasteiger partial charge in [-0.15, -0.1) is 24.0 Å². The Morgan fingerprint density at radius 2 is 1.66 bits per heavy atom. The van der Waals surface area contributed by atoms with Gasteiger partial charge in [-0.25, -0.2) is 13.6 Å². The standard InChI is InChI=1S/C23H34N4O3S.HI/c1-5-25-22(26-15-14-17-6-12-20(13-7-17)31(24,29)30)27-16-21(28)18-8-10-19(11-9-18)23(2,3)4;/h6-13,21,28H,5,14-16H2,1-4H3,(H2,24,29,30)(H2,25,26,27);1H. The van der Waals surface area contributed by atoms with Crippen molar-refractivity contribution < 1.29 is 13.5 Å². The Morgan fingerprint density at radius 1 is 1.06 bits per heavy atom. The quantitative estimate of drug-likeness (QED) is 0.220. The molecule has 1 unspecified atom stereocenters. The van der Waals surface area contributed by atoms with Crippen LogP contribution in [0.1, 0.15) is 50.5 Å². The molecule has 9 heteroatoms. The summed E-state index contributed by atoms with van der Waals surface area (Å²) in [6.07, 6.45) is 0.00167. The van der Waals surface area contributed by atoms with Crippen LogP contribution in [0.3, 0.4) is 0 Å². The van der Waals surface area contributed by atoms with E-state index in [1.807, 2.05) is 31.2 Å². The zero-order valence-electron chi connectivity index (χ0n) is 19.1. The molecule has 0 aliphatic carbocycles. The van der Waals surface area contributed by atoms with Crippen molar-refractivity contribution in [2.24, 2.45) is 10.1 Å². The van der Waals surface area contributed by atoms with Crippen molar-refractivity contribution in [3.63, 3.8) is 0 Å². The second-order valence-corrected chi connectivity index (χ2v) is 10.0. The Bertz CT molecular complexity index is 970. The zero-order valence-corrected chi connectivity index (χ0v) is 22.3. The molecule has 0 spiro atoms. The number of aliphatic hydroxyl groups is 1. The second-order valence-electron chi connectivity index (χ2n) is 8.47. The number of nitrogens with two attached hydrogens (primary N) is 1. The van der Waals surface area contributed by atoms with E-state index in [9.17, 15) is 13.5 Å². The lowest BCUT2D eigenvalue weighted by Gasteiger charge is -2.20. The molecule has 2 aromatic carbocycles. The number of rotatable bonds is 8. The van der Waals surface area contributed by atoms with Gasteiger partial charge in [-0.3, -0.25) is 4.99 Å². The van der Waals surface area contributed by atoms with Crippen molar-refractivity contribution in [2.45, 2.75) is 50.5 Å². The van der Waals surface area contributed by atoms with Crippen molar-refractivity contribution in [3.05, 3.63) is 65.2 Å². The lowest BCUT2D eigenvalue weighted by atomic mass is 9.86. The number of benzene rings is 2. The molecule has 0 aliphatic rings. The molecule has 1 atom stereocenters. The van der Waals surface area contributed by atoms with E-state index >= 15 is 0 Å². The topological polar surface area (TPSA) is 117 Å². The van der Waals surface area contributed by atoms with Crippen LogP contribution in [0.25, 0.3) is 0 Å². The third-order valence-electron chi connectivity index (χ3n) is 4.89. The summed E-state index contributed by atoms with van der Waals surface area (Å²) in [5, 5.41) is 22.0. The summed E-state index contributed by atoms with van der Waals surface area (Å²) in [4.78, 5) is 4.59. The summed E-state index contributed by atoms with van der Waals surface area (Å²) in [7, 11) is -3.68. The molecule has 7 nitrogen and oxygen atoms in total. The van der Waals surface area contributed by atoms with Crippen LogP contribution in [0.4, 0.5) is 0 Å². The van der Waals surface area contributed by atoms with Crippen molar-refractivity contribution in [1.82, 2.24) is 10.6 Å². The van der Waals surface area contributed by atoms with Crippen LogP contribution in [0.2, 0.25) is 0 Å². The van der Waals surface area contributed by atoms with Crippen LogP contribution in [0.5, 0.6) is 0 Å². The summed E-state index contributed by atoms with van der Waals surface area (Å²) < 4.78 is 22.7. The molecule has 0 saturated carbocycles. The van der Waals surface area contributed by atoms with E-state index < -0.39 is 16.1 Å². The van der Waals surface area contributed by atoms with E-state index in [4.69, 9.17) is 5.14 Å². The first-order valence-corrected chi connectivity index (χ1v) is 12.0. The summed E-state index contributed by atoms with van der Waals surface area (Å²) in [5.74, 6) is 0.619. The Kier molecular flexibility index (Phi) is 11.1. The Morgan fingerprint density at radius 3 is 2.16 bits per heavy atom. The molecular formula is C23H35IN4O3S. The number of halogens is 1. The van der Waals surface area contributed by atoms with Crippen molar-refractivity contribution in [3.8, 4) is 0 Å². The molecule has 0 fully saturated rings. The Hall–Kier alpha value is -1.69. The van der Waals surface area contributed by atoms with Crippen molar-refractivity contribution in [2.75, 3.05) is 19.6 Å². The Balaban J connectivity index is 0.00000512. The first kappa shape index (κ1) is 28.3. The minimum Gasteiger partial charge on any atom is -0.386 e. The molecule has 178 valence electrons. The van der Waals surface area contributed by atoms with Gasteiger partial charge in [0.15, 0.2) is 5.96 Å². The fourth-order valence-electron chi connectivity index (χ4n) is 3.00. The fourth-order valence-corrected chi connectivity index (χ4v) is 3.52. The molecule has 0 heterocycles. The SMILES string of the molecule is CCNC(=NCC(O)c1ccc(C(C)(C)C)cc1)NCCc1ccc(S(N)(=O)=O)cc1.I. The predicted octanol–water partition coefficient (Wildman–Crippen LogP) is 3.08. The lowest BCUT2D eigenvalue weighted by molar-refractivity contribution is 0.187. The van der Waals surface area contributed by atoms with E-state index in [0.29, 0.717) is 25.5 Å². The minimum absolute atomic E-state index is 0. The predicted molar refractivity (Wildman–Crippen MR) is 141 cm³/mol. The first-order valence-electron chi connectivity index (χ1n) is 10.4. The highest BCUT2D eigenvalue weighted by atomic mass is 127. The van der Waals surface area contributed by atoms with Crippen molar-refractivity contribution >= 4 is 40.0 Å². The normalized spacial score (nSPS) is 13.2. The average molecular weight is 575 g/mol. The molecule has 32 heavy (non-hydrogen) atoms. The summed E-state index contributed by atoms with van der Waals surface area (Å²) >= 11 is 0. The van der Waals surface area contributed by atoms with Gasteiger partial charge in [0.2, 0.25) is 10.0 Å². The van der Waals surface area contributed by atoms with Gasteiger partial charge in [0.05, 0.1) is 17.5 Å². The number of hydrogen-bond donors (Lipinski definition) is 4. The van der Waals surface area contributed by atoms with E-state index in [2.05, 4.69) is 36.4 Å². The van der Waals surface area contributed by atoms with E-state index in [1.54, 1.807) is 12.1 Å². The highest BCUT2D eigenvalue weighted by molar-refractivity contribution is 14.0. The molecule has 0 bridgehead atoms. The molecule has 0 aromatic heterocycles. The maximum absolute atomic E-state index is 11.3. The lowest BCUT2D eigenvalue weighted by Crippen LogP contribution is -2.38. The molecule has 5 N–H and O–H groups in total. The van der Waals surface area contributed by atoms with Crippen LogP contribution < -0.4 is 15.8 Å². The molecule has 0 saturated heterocycles. The highest BCUT2D eigenvalue weighted by Gasteiger charge is 2.14.